The van der Waals surface area contributed by atoms with Gasteiger partial charge >= 0.3 is 6.18 Å². The van der Waals surface area contributed by atoms with Crippen molar-refractivity contribution in [3.63, 3.8) is 0 Å². The smallest absolute Gasteiger partial charge is 0.393 e. The first-order valence-electron chi connectivity index (χ1n) is 11.9. The Morgan fingerprint density at radius 2 is 1.56 bits per heavy atom. The molecule has 1 N–H and O–H groups in total. The van der Waals surface area contributed by atoms with Crippen LogP contribution >= 0.6 is 0 Å². The number of pyridine rings is 1. The second kappa shape index (κ2) is 13.5. The van der Waals surface area contributed by atoms with E-state index in [1.807, 2.05) is 40.0 Å². The molecule has 1 aliphatic rings. The van der Waals surface area contributed by atoms with Crippen molar-refractivity contribution < 1.29 is 18.3 Å². The summed E-state index contributed by atoms with van der Waals surface area (Å²) < 4.78 is 39.0. The van der Waals surface area contributed by atoms with Crippen molar-refractivity contribution in [3.8, 4) is 0 Å². The highest BCUT2D eigenvalue weighted by atomic mass is 19.4. The predicted molar refractivity (Wildman–Crippen MR) is 127 cm³/mol. The molecular formula is C26H39F3N2O. The number of aromatic nitrogens is 1. The lowest BCUT2D eigenvalue weighted by Gasteiger charge is -2.39. The molecule has 1 unspecified atom stereocenters. The molecule has 0 amide bonds. The molecular weight excluding hydrogens is 413 g/mol. The van der Waals surface area contributed by atoms with E-state index in [1.165, 1.54) is 0 Å². The Balaban J connectivity index is 0.00000121. The lowest BCUT2D eigenvalue weighted by molar-refractivity contribution is -0.137. The lowest BCUT2D eigenvalue weighted by atomic mass is 9.90. The Morgan fingerprint density at radius 3 is 2.06 bits per heavy atom. The number of hydrogen-bond acceptors (Lipinski definition) is 3. The van der Waals surface area contributed by atoms with Crippen LogP contribution in [0.5, 0.6) is 0 Å². The van der Waals surface area contributed by atoms with Crippen LogP contribution in [0.25, 0.3) is 0 Å². The average molecular weight is 453 g/mol. The van der Waals surface area contributed by atoms with Gasteiger partial charge < -0.3 is 10.0 Å². The number of hydrogen-bond donors (Lipinski definition) is 1. The van der Waals surface area contributed by atoms with Crippen LogP contribution in [0.1, 0.15) is 90.7 Å². The van der Waals surface area contributed by atoms with Crippen molar-refractivity contribution in [2.75, 3.05) is 4.90 Å². The van der Waals surface area contributed by atoms with Gasteiger partial charge in [0.25, 0.3) is 0 Å². The highest BCUT2D eigenvalue weighted by molar-refractivity contribution is 5.67. The molecule has 0 saturated heterocycles. The SMILES string of the molecule is CC.CC.CCC(C)c1ccncc1N(c1ccc(C(F)(F)F)cc1)C1CCC(O)CC1. The van der Waals surface area contributed by atoms with Crippen LogP contribution in [-0.2, 0) is 6.18 Å². The molecule has 0 spiro atoms. The second-order valence-corrected chi connectivity index (χ2v) is 7.62. The van der Waals surface area contributed by atoms with Gasteiger partial charge in [0.05, 0.1) is 23.6 Å². The molecule has 180 valence electrons. The fourth-order valence-electron chi connectivity index (χ4n) is 3.91. The molecule has 0 bridgehead atoms. The lowest BCUT2D eigenvalue weighted by Crippen LogP contribution is -2.36. The highest BCUT2D eigenvalue weighted by Gasteiger charge is 2.32. The van der Waals surface area contributed by atoms with Gasteiger partial charge in [0.2, 0.25) is 0 Å². The number of rotatable bonds is 5. The third kappa shape index (κ3) is 7.22. The molecule has 3 nitrogen and oxygen atoms in total. The molecule has 2 aromatic rings. The van der Waals surface area contributed by atoms with Crippen molar-refractivity contribution in [3.05, 3.63) is 53.9 Å². The van der Waals surface area contributed by atoms with Gasteiger partial charge in [0.1, 0.15) is 0 Å². The highest BCUT2D eigenvalue weighted by Crippen LogP contribution is 2.39. The topological polar surface area (TPSA) is 36.4 Å². The summed E-state index contributed by atoms with van der Waals surface area (Å²) in [6.07, 6.45) is 2.85. The Labute approximate surface area is 191 Å². The van der Waals surface area contributed by atoms with Crippen LogP contribution in [0, 0.1) is 0 Å². The number of alkyl halides is 3. The van der Waals surface area contributed by atoms with Crippen molar-refractivity contribution in [2.45, 2.75) is 97.9 Å². The van der Waals surface area contributed by atoms with E-state index in [9.17, 15) is 18.3 Å². The zero-order chi connectivity index (χ0) is 24.3. The molecule has 1 saturated carbocycles. The number of benzene rings is 1. The van der Waals surface area contributed by atoms with Crippen LogP contribution in [0.15, 0.2) is 42.7 Å². The molecule has 0 aliphatic heterocycles. The molecule has 32 heavy (non-hydrogen) atoms. The molecule has 1 aromatic heterocycles. The summed E-state index contributed by atoms with van der Waals surface area (Å²) in [7, 11) is 0. The number of halogens is 3. The van der Waals surface area contributed by atoms with Crippen molar-refractivity contribution >= 4 is 11.4 Å². The maximum absolute atomic E-state index is 13.0. The van der Waals surface area contributed by atoms with Crippen LogP contribution in [-0.4, -0.2) is 22.2 Å². The van der Waals surface area contributed by atoms with E-state index in [0.29, 0.717) is 18.8 Å². The van der Waals surface area contributed by atoms with Gasteiger partial charge in [-0.1, -0.05) is 41.5 Å². The largest absolute Gasteiger partial charge is 0.416 e. The summed E-state index contributed by atoms with van der Waals surface area (Å²) in [6.45, 7) is 12.3. The Hall–Kier alpha value is -2.08. The van der Waals surface area contributed by atoms with E-state index < -0.39 is 11.7 Å². The molecule has 3 rings (SSSR count). The Bertz CT molecular complexity index is 769. The minimum Gasteiger partial charge on any atom is -0.393 e. The molecule has 6 heteroatoms. The predicted octanol–water partition coefficient (Wildman–Crippen LogP) is 8.11. The summed E-state index contributed by atoms with van der Waals surface area (Å²) in [6, 6.07) is 7.48. The summed E-state index contributed by atoms with van der Waals surface area (Å²) in [5.74, 6) is 0.309. The normalized spacial score (nSPS) is 19.1. The minimum atomic E-state index is -4.35. The van der Waals surface area contributed by atoms with Crippen molar-refractivity contribution in [2.24, 2.45) is 0 Å². The third-order valence-electron chi connectivity index (χ3n) is 5.74. The monoisotopic (exact) mass is 452 g/mol. The van der Waals surface area contributed by atoms with Gasteiger partial charge in [-0.2, -0.15) is 13.2 Å². The van der Waals surface area contributed by atoms with Crippen LogP contribution in [0.4, 0.5) is 24.5 Å². The quantitative estimate of drug-likeness (QED) is 0.498. The van der Waals surface area contributed by atoms with Crippen molar-refractivity contribution in [1.82, 2.24) is 4.98 Å². The summed E-state index contributed by atoms with van der Waals surface area (Å²) in [4.78, 5) is 6.43. The Morgan fingerprint density at radius 1 is 1.00 bits per heavy atom. The van der Waals surface area contributed by atoms with E-state index in [2.05, 4.69) is 23.7 Å². The van der Waals surface area contributed by atoms with Crippen LogP contribution < -0.4 is 4.90 Å². The van der Waals surface area contributed by atoms with E-state index in [1.54, 1.807) is 18.3 Å². The molecule has 1 aliphatic carbocycles. The van der Waals surface area contributed by atoms with E-state index in [-0.39, 0.29) is 12.1 Å². The minimum absolute atomic E-state index is 0.118. The maximum Gasteiger partial charge on any atom is 0.416 e. The molecule has 1 atom stereocenters. The number of anilines is 2. The third-order valence-corrected chi connectivity index (χ3v) is 5.74. The van der Waals surface area contributed by atoms with Gasteiger partial charge in [-0.15, -0.1) is 0 Å². The van der Waals surface area contributed by atoms with Gasteiger partial charge in [-0.3, -0.25) is 4.98 Å². The first kappa shape index (κ1) is 28.0. The summed E-state index contributed by atoms with van der Waals surface area (Å²) in [5, 5.41) is 9.90. The molecule has 1 aromatic carbocycles. The van der Waals surface area contributed by atoms with Gasteiger partial charge in [-0.05, 0) is 73.9 Å². The van der Waals surface area contributed by atoms with E-state index in [0.717, 1.165) is 48.3 Å². The van der Waals surface area contributed by atoms with Gasteiger partial charge in [0.15, 0.2) is 0 Å². The number of nitrogens with zero attached hydrogens (tertiary/aromatic N) is 2. The fraction of sp³-hybridized carbons (Fsp3) is 0.577. The zero-order valence-electron chi connectivity index (χ0n) is 20.3. The summed E-state index contributed by atoms with van der Waals surface area (Å²) in [5.41, 5.74) is 2.16. The van der Waals surface area contributed by atoms with Gasteiger partial charge in [-0.25, -0.2) is 0 Å². The van der Waals surface area contributed by atoms with Crippen LogP contribution in [0.2, 0.25) is 0 Å². The van der Waals surface area contributed by atoms with E-state index >= 15 is 0 Å². The van der Waals surface area contributed by atoms with Crippen molar-refractivity contribution in [1.29, 1.82) is 0 Å². The number of aliphatic hydroxyl groups excluding tert-OH is 1. The average Bonchev–Trinajstić information content (AvgIpc) is 2.83. The second-order valence-electron chi connectivity index (χ2n) is 7.62. The Kier molecular flexibility index (Phi) is 11.8. The first-order valence-corrected chi connectivity index (χ1v) is 11.9. The molecule has 0 radical (unpaired) electrons. The molecule has 1 fully saturated rings. The summed E-state index contributed by atoms with van der Waals surface area (Å²) >= 11 is 0. The fourth-order valence-corrected chi connectivity index (χ4v) is 3.91. The van der Waals surface area contributed by atoms with Crippen LogP contribution in [0.3, 0.4) is 0 Å². The molecule has 1 heterocycles. The first-order chi connectivity index (χ1) is 15.3. The van der Waals surface area contributed by atoms with Gasteiger partial charge in [0, 0.05) is 17.9 Å². The van der Waals surface area contributed by atoms with E-state index in [4.69, 9.17) is 0 Å². The standard InChI is InChI=1S/C22H27F3N2O.2C2H6/c1-3-15(2)20-12-13-26-14-21(20)27(18-8-10-19(28)11-9-18)17-6-4-16(5-7-17)22(23,24)25;2*1-2/h4-7,12-15,18-19,28H,3,8-11H2,1-2H3;2*1-2H3. The maximum atomic E-state index is 13.0. The zero-order valence-corrected chi connectivity index (χ0v) is 20.3. The number of aliphatic hydroxyl groups is 1.